The van der Waals surface area contributed by atoms with Crippen LogP contribution in [0.4, 0.5) is 5.69 Å². The lowest BCUT2D eigenvalue weighted by Crippen LogP contribution is -2.14. The Bertz CT molecular complexity index is 848. The zero-order valence-electron chi connectivity index (χ0n) is 15.1. The van der Waals surface area contributed by atoms with Crippen molar-refractivity contribution in [2.75, 3.05) is 11.9 Å². The van der Waals surface area contributed by atoms with E-state index in [0.717, 1.165) is 12.2 Å². The standard InChI is InChI=1S/C21H20Cl2N2O2/c1-14(2)10-11-27-17-8-6-15(7-9-17)12-16(13-24)21(26)25-20-18(22)4-3-5-19(20)23/h3-9,12,14H,10-11H2,1-2H3,(H,25,26)/b16-12+. The number of carbonyl (C=O) groups excluding carboxylic acids is 1. The number of rotatable bonds is 7. The molecule has 0 aliphatic heterocycles. The summed E-state index contributed by atoms with van der Waals surface area (Å²) < 4.78 is 5.66. The number of nitrogens with one attached hydrogen (secondary N) is 1. The predicted molar refractivity (Wildman–Crippen MR) is 110 cm³/mol. The number of hydrogen-bond acceptors (Lipinski definition) is 3. The minimum absolute atomic E-state index is 0.0561. The molecule has 0 atom stereocenters. The first-order chi connectivity index (χ1) is 12.9. The van der Waals surface area contributed by atoms with E-state index in [1.165, 1.54) is 6.08 Å². The van der Waals surface area contributed by atoms with Crippen molar-refractivity contribution in [3.05, 3.63) is 63.6 Å². The fraction of sp³-hybridized carbons (Fsp3) is 0.238. The largest absolute Gasteiger partial charge is 0.494 e. The third-order valence-corrected chi connectivity index (χ3v) is 4.35. The van der Waals surface area contributed by atoms with Gasteiger partial charge in [0.15, 0.2) is 0 Å². The Kier molecular flexibility index (Phi) is 7.72. The molecule has 0 unspecified atom stereocenters. The lowest BCUT2D eigenvalue weighted by Gasteiger charge is -2.09. The average molecular weight is 403 g/mol. The molecule has 1 N–H and O–H groups in total. The van der Waals surface area contributed by atoms with Gasteiger partial charge in [-0.2, -0.15) is 5.26 Å². The maximum Gasteiger partial charge on any atom is 0.266 e. The molecule has 0 heterocycles. The van der Waals surface area contributed by atoms with Crippen molar-refractivity contribution in [2.24, 2.45) is 5.92 Å². The van der Waals surface area contributed by atoms with Crippen molar-refractivity contribution in [1.29, 1.82) is 5.26 Å². The van der Waals surface area contributed by atoms with Gasteiger partial charge in [0.2, 0.25) is 0 Å². The molecule has 0 fully saturated rings. The molecule has 2 rings (SSSR count). The number of benzene rings is 2. The van der Waals surface area contributed by atoms with Crippen molar-refractivity contribution >= 4 is 40.9 Å². The van der Waals surface area contributed by atoms with E-state index in [1.54, 1.807) is 30.3 Å². The molecule has 0 saturated carbocycles. The van der Waals surface area contributed by atoms with Crippen LogP contribution in [0, 0.1) is 17.2 Å². The lowest BCUT2D eigenvalue weighted by atomic mass is 10.1. The Morgan fingerprint density at radius 3 is 2.37 bits per heavy atom. The highest BCUT2D eigenvalue weighted by Crippen LogP contribution is 2.30. The molecule has 4 nitrogen and oxygen atoms in total. The molecule has 140 valence electrons. The molecule has 0 spiro atoms. The van der Waals surface area contributed by atoms with Crippen molar-refractivity contribution < 1.29 is 9.53 Å². The quantitative estimate of drug-likeness (QED) is 0.458. The number of carbonyl (C=O) groups is 1. The summed E-state index contributed by atoms with van der Waals surface area (Å²) in [6.45, 7) is 4.93. The monoisotopic (exact) mass is 402 g/mol. The summed E-state index contributed by atoms with van der Waals surface area (Å²) >= 11 is 12.1. The number of halogens is 2. The van der Waals surface area contributed by atoms with E-state index >= 15 is 0 Å². The first kappa shape index (κ1) is 20.8. The molecule has 0 aliphatic carbocycles. The van der Waals surface area contributed by atoms with Crippen molar-refractivity contribution in [3.63, 3.8) is 0 Å². The first-order valence-electron chi connectivity index (χ1n) is 8.50. The second-order valence-electron chi connectivity index (χ2n) is 6.32. The number of anilines is 1. The SMILES string of the molecule is CC(C)CCOc1ccc(/C=C(\C#N)C(=O)Nc2c(Cl)cccc2Cl)cc1. The van der Waals surface area contributed by atoms with Crippen molar-refractivity contribution in [2.45, 2.75) is 20.3 Å². The topological polar surface area (TPSA) is 62.1 Å². The van der Waals surface area contributed by atoms with Gasteiger partial charge >= 0.3 is 0 Å². The molecule has 2 aromatic carbocycles. The van der Waals surface area contributed by atoms with Gasteiger partial charge < -0.3 is 10.1 Å². The van der Waals surface area contributed by atoms with Gasteiger partial charge in [0.1, 0.15) is 17.4 Å². The fourth-order valence-corrected chi connectivity index (χ4v) is 2.68. The van der Waals surface area contributed by atoms with Gasteiger partial charge in [-0.15, -0.1) is 0 Å². The highest BCUT2D eigenvalue weighted by molar-refractivity contribution is 6.40. The zero-order chi connectivity index (χ0) is 19.8. The van der Waals surface area contributed by atoms with Crippen LogP contribution in [0.25, 0.3) is 6.08 Å². The Labute approximate surface area is 169 Å². The van der Waals surface area contributed by atoms with E-state index in [1.807, 2.05) is 18.2 Å². The predicted octanol–water partition coefficient (Wildman–Crippen LogP) is 5.96. The minimum atomic E-state index is -0.579. The van der Waals surface area contributed by atoms with Gasteiger partial charge in [0.25, 0.3) is 5.91 Å². The van der Waals surface area contributed by atoms with Crippen LogP contribution >= 0.6 is 23.2 Å². The van der Waals surface area contributed by atoms with Gasteiger partial charge in [0, 0.05) is 0 Å². The van der Waals surface area contributed by atoms with Gasteiger partial charge in [-0.3, -0.25) is 4.79 Å². The summed E-state index contributed by atoms with van der Waals surface area (Å²) in [5, 5.41) is 12.5. The van der Waals surface area contributed by atoms with Crippen LogP contribution in [0.3, 0.4) is 0 Å². The summed E-state index contributed by atoms with van der Waals surface area (Å²) in [5.41, 5.74) is 0.934. The van der Waals surface area contributed by atoms with Gasteiger partial charge in [-0.1, -0.05) is 55.2 Å². The number of ether oxygens (including phenoxy) is 1. The molecule has 0 aromatic heterocycles. The van der Waals surface area contributed by atoms with Crippen LogP contribution in [-0.4, -0.2) is 12.5 Å². The molecular weight excluding hydrogens is 383 g/mol. The van der Waals surface area contributed by atoms with E-state index in [9.17, 15) is 10.1 Å². The van der Waals surface area contributed by atoms with Gasteiger partial charge in [0.05, 0.1) is 22.3 Å². The highest BCUT2D eigenvalue weighted by atomic mass is 35.5. The summed E-state index contributed by atoms with van der Waals surface area (Å²) in [4.78, 5) is 12.4. The zero-order valence-corrected chi connectivity index (χ0v) is 16.6. The molecular formula is C21H20Cl2N2O2. The molecule has 0 aliphatic rings. The van der Waals surface area contributed by atoms with Gasteiger partial charge in [-0.25, -0.2) is 0 Å². The lowest BCUT2D eigenvalue weighted by molar-refractivity contribution is -0.112. The second kappa shape index (κ2) is 10.0. The Hall–Kier alpha value is -2.48. The van der Waals surface area contributed by atoms with E-state index in [4.69, 9.17) is 27.9 Å². The van der Waals surface area contributed by atoms with Crippen LogP contribution in [-0.2, 0) is 4.79 Å². The molecule has 2 aromatic rings. The van der Waals surface area contributed by atoms with E-state index in [-0.39, 0.29) is 11.3 Å². The summed E-state index contributed by atoms with van der Waals surface area (Å²) in [6.07, 6.45) is 2.48. The minimum Gasteiger partial charge on any atom is -0.494 e. The van der Waals surface area contributed by atoms with E-state index in [0.29, 0.717) is 28.1 Å². The van der Waals surface area contributed by atoms with Crippen LogP contribution in [0.1, 0.15) is 25.8 Å². The Morgan fingerprint density at radius 2 is 1.81 bits per heavy atom. The first-order valence-corrected chi connectivity index (χ1v) is 9.26. The van der Waals surface area contributed by atoms with Crippen LogP contribution in [0.5, 0.6) is 5.75 Å². The number of hydrogen-bond donors (Lipinski definition) is 1. The third kappa shape index (κ3) is 6.32. The van der Waals surface area contributed by atoms with Gasteiger partial charge in [-0.05, 0) is 48.2 Å². The molecule has 0 bridgehead atoms. The fourth-order valence-electron chi connectivity index (χ4n) is 2.19. The molecule has 1 amide bonds. The average Bonchev–Trinajstić information content (AvgIpc) is 2.63. The molecule has 6 heteroatoms. The van der Waals surface area contributed by atoms with E-state index in [2.05, 4.69) is 19.2 Å². The van der Waals surface area contributed by atoms with E-state index < -0.39 is 5.91 Å². The summed E-state index contributed by atoms with van der Waals surface area (Å²) in [5.74, 6) is 0.749. The molecule has 0 saturated heterocycles. The normalized spacial score (nSPS) is 11.2. The smallest absolute Gasteiger partial charge is 0.266 e. The highest BCUT2D eigenvalue weighted by Gasteiger charge is 2.13. The summed E-state index contributed by atoms with van der Waals surface area (Å²) in [6, 6.07) is 14.0. The summed E-state index contributed by atoms with van der Waals surface area (Å²) in [7, 11) is 0. The number of nitriles is 1. The second-order valence-corrected chi connectivity index (χ2v) is 7.14. The Morgan fingerprint density at radius 1 is 1.19 bits per heavy atom. The number of para-hydroxylation sites is 1. The Balaban J connectivity index is 2.09. The van der Waals surface area contributed by atoms with Crippen molar-refractivity contribution in [1.82, 2.24) is 0 Å². The molecule has 0 radical (unpaired) electrons. The third-order valence-electron chi connectivity index (χ3n) is 3.72. The number of nitrogens with zero attached hydrogens (tertiary/aromatic N) is 1. The molecule has 27 heavy (non-hydrogen) atoms. The van der Waals surface area contributed by atoms with Crippen LogP contribution in [0.15, 0.2) is 48.0 Å². The van der Waals surface area contributed by atoms with Crippen LogP contribution < -0.4 is 10.1 Å². The van der Waals surface area contributed by atoms with Crippen molar-refractivity contribution in [3.8, 4) is 11.8 Å². The maximum absolute atomic E-state index is 12.4. The number of amides is 1. The van der Waals surface area contributed by atoms with Crippen LogP contribution in [0.2, 0.25) is 10.0 Å². The maximum atomic E-state index is 12.4.